The molecule has 0 unspecified atom stereocenters. The van der Waals surface area contributed by atoms with Crippen LogP contribution in [0.1, 0.15) is 46.0 Å². The highest BCUT2D eigenvalue weighted by Gasteiger charge is 2.26. The summed E-state index contributed by atoms with van der Waals surface area (Å²) in [4.78, 5) is 15.3. The maximum absolute atomic E-state index is 11.2. The summed E-state index contributed by atoms with van der Waals surface area (Å²) in [6.45, 7) is 4.61. The van der Waals surface area contributed by atoms with Crippen LogP contribution in [0.15, 0.2) is 41.8 Å². The fraction of sp³-hybridized carbons (Fsp3) is 0.261. The summed E-state index contributed by atoms with van der Waals surface area (Å²) in [7, 11) is 0. The van der Waals surface area contributed by atoms with Crippen molar-refractivity contribution in [1.82, 2.24) is 4.98 Å². The fourth-order valence-corrected chi connectivity index (χ4v) is 4.14. The first-order valence-corrected chi connectivity index (χ1v) is 11.5. The molecule has 3 aromatic rings. The largest absolute Gasteiger partial charge is 0.489 e. The summed E-state index contributed by atoms with van der Waals surface area (Å²) in [6, 6.07) is 13.4. The number of hydrogen-bond acceptors (Lipinski definition) is 6. The lowest BCUT2D eigenvalue weighted by molar-refractivity contribution is 0.0996. The molecule has 1 heterocycles. The number of nitrogens with zero attached hydrogens (tertiary/aromatic N) is 2. The number of alkyl halides is 1. The highest BCUT2D eigenvalue weighted by atomic mass is 35.5. The minimum absolute atomic E-state index is 0.236. The van der Waals surface area contributed by atoms with Crippen LogP contribution in [0.5, 0.6) is 11.5 Å². The monoisotopic (exact) mass is 489 g/mol. The van der Waals surface area contributed by atoms with Gasteiger partial charge in [-0.3, -0.25) is 4.79 Å². The summed E-state index contributed by atoms with van der Waals surface area (Å²) < 4.78 is 11.3. The topological polar surface area (TPSA) is 98.2 Å². The molecule has 0 aliphatic heterocycles. The minimum atomic E-state index is -0.558. The molecule has 9 heteroatoms. The second-order valence-electron chi connectivity index (χ2n) is 7.41. The van der Waals surface area contributed by atoms with Gasteiger partial charge in [0.2, 0.25) is 0 Å². The molecule has 3 rings (SSSR count). The zero-order chi connectivity index (χ0) is 23.3. The number of thiazole rings is 1. The summed E-state index contributed by atoms with van der Waals surface area (Å²) >= 11 is 13.4. The predicted molar refractivity (Wildman–Crippen MR) is 126 cm³/mol. The molecule has 0 atom stereocenters. The van der Waals surface area contributed by atoms with E-state index in [9.17, 15) is 10.1 Å². The number of rotatable bonds is 9. The first-order chi connectivity index (χ1) is 15.3. The van der Waals surface area contributed by atoms with Gasteiger partial charge in [0.05, 0.1) is 16.5 Å². The molecular formula is C23H21Cl2N3O3S. The number of nitrogens with two attached hydrogens (primary N) is 1. The van der Waals surface area contributed by atoms with E-state index < -0.39 is 11.3 Å². The second kappa shape index (κ2) is 10.2. The maximum atomic E-state index is 11.2. The van der Waals surface area contributed by atoms with Crippen molar-refractivity contribution < 1.29 is 14.3 Å². The summed E-state index contributed by atoms with van der Waals surface area (Å²) in [5, 5.41) is 12.2. The minimum Gasteiger partial charge on any atom is -0.489 e. The number of hydrogen-bond donors (Lipinski definition) is 1. The van der Waals surface area contributed by atoms with Gasteiger partial charge in [0.1, 0.15) is 35.7 Å². The van der Waals surface area contributed by atoms with Crippen molar-refractivity contribution in [1.29, 1.82) is 5.26 Å². The quantitative estimate of drug-likeness (QED) is 0.411. The lowest BCUT2D eigenvalue weighted by atomic mass is 9.77. The van der Waals surface area contributed by atoms with Crippen molar-refractivity contribution in [2.24, 2.45) is 5.73 Å². The van der Waals surface area contributed by atoms with E-state index >= 15 is 0 Å². The van der Waals surface area contributed by atoms with E-state index in [0.29, 0.717) is 33.0 Å². The Balaban J connectivity index is 1.77. The number of benzene rings is 2. The molecule has 2 aromatic carbocycles. The Morgan fingerprint density at radius 1 is 1.22 bits per heavy atom. The fourth-order valence-electron chi connectivity index (χ4n) is 3.09. The maximum Gasteiger partial charge on any atom is 0.268 e. The van der Waals surface area contributed by atoms with E-state index in [-0.39, 0.29) is 18.9 Å². The molecule has 0 spiro atoms. The molecular weight excluding hydrogens is 469 g/mol. The van der Waals surface area contributed by atoms with Crippen molar-refractivity contribution in [3.8, 4) is 17.6 Å². The Morgan fingerprint density at radius 3 is 2.53 bits per heavy atom. The Morgan fingerprint density at radius 2 is 1.94 bits per heavy atom. The first-order valence-electron chi connectivity index (χ1n) is 9.66. The molecule has 0 aliphatic rings. The molecule has 0 radical (unpaired) electrons. The van der Waals surface area contributed by atoms with Gasteiger partial charge in [-0.25, -0.2) is 4.98 Å². The number of halogens is 2. The van der Waals surface area contributed by atoms with Gasteiger partial charge >= 0.3 is 0 Å². The van der Waals surface area contributed by atoms with Gasteiger partial charge in [-0.1, -0.05) is 37.6 Å². The number of ether oxygens (including phenoxy) is 2. The van der Waals surface area contributed by atoms with Crippen LogP contribution in [0, 0.1) is 11.3 Å². The Kier molecular flexibility index (Phi) is 7.62. The molecule has 166 valence electrons. The van der Waals surface area contributed by atoms with E-state index in [1.807, 2.05) is 30.3 Å². The van der Waals surface area contributed by atoms with E-state index in [2.05, 4.69) is 24.9 Å². The molecule has 0 bridgehead atoms. The number of nitriles is 1. The molecule has 32 heavy (non-hydrogen) atoms. The van der Waals surface area contributed by atoms with E-state index in [0.717, 1.165) is 11.1 Å². The lowest BCUT2D eigenvalue weighted by Crippen LogP contribution is -2.19. The highest BCUT2D eigenvalue weighted by Crippen LogP contribution is 2.38. The van der Waals surface area contributed by atoms with Gasteiger partial charge in [0, 0.05) is 10.8 Å². The Hall–Kier alpha value is -2.79. The summed E-state index contributed by atoms with van der Waals surface area (Å²) in [5.74, 6) is 0.760. The molecule has 1 aromatic heterocycles. The van der Waals surface area contributed by atoms with E-state index in [1.54, 1.807) is 11.4 Å². The number of carbonyl (C=O) groups is 1. The van der Waals surface area contributed by atoms with Gasteiger partial charge < -0.3 is 15.2 Å². The van der Waals surface area contributed by atoms with Crippen molar-refractivity contribution in [2.45, 2.75) is 25.9 Å². The third kappa shape index (κ3) is 5.33. The van der Waals surface area contributed by atoms with Crippen LogP contribution < -0.4 is 15.2 Å². The van der Waals surface area contributed by atoms with E-state index in [4.69, 9.17) is 38.4 Å². The predicted octanol–water partition coefficient (Wildman–Crippen LogP) is 5.29. The van der Waals surface area contributed by atoms with Gasteiger partial charge in [-0.15, -0.1) is 22.9 Å². The summed E-state index contributed by atoms with van der Waals surface area (Å²) in [5.41, 5.74) is 7.30. The molecule has 1 amide bonds. The van der Waals surface area contributed by atoms with Crippen molar-refractivity contribution >= 4 is 40.4 Å². The lowest BCUT2D eigenvalue weighted by Gasteiger charge is -2.27. The van der Waals surface area contributed by atoms with Crippen LogP contribution in [0.4, 0.5) is 0 Å². The first kappa shape index (κ1) is 23.9. The highest BCUT2D eigenvalue weighted by molar-refractivity contribution is 7.09. The van der Waals surface area contributed by atoms with Gasteiger partial charge in [0.25, 0.3) is 5.91 Å². The van der Waals surface area contributed by atoms with Crippen molar-refractivity contribution in [3.05, 3.63) is 74.2 Å². The second-order valence-corrected chi connectivity index (χ2v) is 9.14. The molecule has 0 aliphatic carbocycles. The third-order valence-electron chi connectivity index (χ3n) is 4.95. The van der Waals surface area contributed by atoms with Crippen LogP contribution >= 0.6 is 34.5 Å². The van der Waals surface area contributed by atoms with E-state index in [1.165, 1.54) is 11.3 Å². The van der Waals surface area contributed by atoms with Crippen LogP contribution in [0.2, 0.25) is 5.02 Å². The Labute approximate surface area is 200 Å². The zero-order valence-corrected chi connectivity index (χ0v) is 19.9. The van der Waals surface area contributed by atoms with Gasteiger partial charge in [-0.2, -0.15) is 5.26 Å². The summed E-state index contributed by atoms with van der Waals surface area (Å²) in [6.07, 6.45) is 0. The average molecular weight is 490 g/mol. The molecule has 0 saturated heterocycles. The molecule has 0 fully saturated rings. The number of primary amides is 1. The standard InChI is InChI=1S/C23H21Cl2N3O3S/c1-23(2,16-9-14(11-26)21(18(25)10-16)30-8-7-24)15-3-5-17(6-4-15)31-12-20-28-19(13-32-20)22(27)29/h3-6,9-10,13H,7-8,12H2,1-2H3,(H2,27,29). The molecule has 6 nitrogen and oxygen atoms in total. The SMILES string of the molecule is CC(C)(c1ccc(OCc2nc(C(N)=O)cs2)cc1)c1cc(Cl)c(OCCCl)c(C#N)c1. The van der Waals surface area contributed by atoms with Crippen LogP contribution in [0.25, 0.3) is 0 Å². The number of amides is 1. The molecule has 2 N–H and O–H groups in total. The van der Waals surface area contributed by atoms with Crippen LogP contribution in [0.3, 0.4) is 0 Å². The number of aromatic nitrogens is 1. The number of carbonyl (C=O) groups excluding carboxylic acids is 1. The average Bonchev–Trinajstić information content (AvgIpc) is 3.26. The van der Waals surface area contributed by atoms with Gasteiger partial charge in [0.15, 0.2) is 5.75 Å². The van der Waals surface area contributed by atoms with Crippen molar-refractivity contribution in [2.75, 3.05) is 12.5 Å². The third-order valence-corrected chi connectivity index (χ3v) is 6.21. The normalized spacial score (nSPS) is 11.1. The zero-order valence-electron chi connectivity index (χ0n) is 17.5. The van der Waals surface area contributed by atoms with Crippen LogP contribution in [-0.2, 0) is 12.0 Å². The smallest absolute Gasteiger partial charge is 0.268 e. The van der Waals surface area contributed by atoms with Crippen molar-refractivity contribution in [3.63, 3.8) is 0 Å². The van der Waals surface area contributed by atoms with Gasteiger partial charge in [-0.05, 0) is 35.4 Å². The molecule has 0 saturated carbocycles. The van der Waals surface area contributed by atoms with Crippen LogP contribution in [-0.4, -0.2) is 23.4 Å². The Bertz CT molecular complexity index is 1150.